The quantitative estimate of drug-likeness (QED) is 0.806. The molecule has 0 aromatic heterocycles. The molecule has 1 aromatic carbocycles. The highest BCUT2D eigenvalue weighted by atomic mass is 19.4. The van der Waals surface area contributed by atoms with Gasteiger partial charge in [-0.1, -0.05) is 0 Å². The first kappa shape index (κ1) is 12.9. The van der Waals surface area contributed by atoms with Crippen molar-refractivity contribution in [1.29, 1.82) is 0 Å². The lowest BCUT2D eigenvalue weighted by Crippen LogP contribution is -2.12. The predicted octanol–water partition coefficient (Wildman–Crippen LogP) is 2.87. The summed E-state index contributed by atoms with van der Waals surface area (Å²) < 4.78 is 62.9. The van der Waals surface area contributed by atoms with E-state index >= 15 is 0 Å². The molecule has 0 spiro atoms. The Hall–Kier alpha value is -1.17. The Morgan fingerprint density at radius 1 is 1.06 bits per heavy atom. The van der Waals surface area contributed by atoms with Gasteiger partial charge in [0.2, 0.25) is 0 Å². The molecule has 0 aliphatic rings. The highest BCUT2D eigenvalue weighted by Crippen LogP contribution is 2.33. The van der Waals surface area contributed by atoms with Crippen molar-refractivity contribution >= 4 is 0 Å². The van der Waals surface area contributed by atoms with Crippen LogP contribution in [0.5, 0.6) is 0 Å². The van der Waals surface area contributed by atoms with Gasteiger partial charge in [-0.2, -0.15) is 13.2 Å². The average Bonchev–Trinajstić information content (AvgIpc) is 2.17. The van der Waals surface area contributed by atoms with E-state index in [-0.39, 0.29) is 31.0 Å². The van der Waals surface area contributed by atoms with Crippen LogP contribution in [-0.4, -0.2) is 6.54 Å². The Morgan fingerprint density at radius 3 is 2.12 bits per heavy atom. The Balaban J connectivity index is 3.17. The first-order valence-corrected chi connectivity index (χ1v) is 4.61. The molecule has 1 aromatic rings. The monoisotopic (exact) mass is 239 g/mol. The third kappa shape index (κ3) is 2.91. The Bertz CT molecular complexity index is 372. The van der Waals surface area contributed by atoms with Gasteiger partial charge >= 0.3 is 6.18 Å². The fourth-order valence-corrected chi connectivity index (χ4v) is 1.35. The van der Waals surface area contributed by atoms with E-state index in [1.807, 2.05) is 0 Å². The van der Waals surface area contributed by atoms with Crippen molar-refractivity contribution in [3.63, 3.8) is 0 Å². The van der Waals surface area contributed by atoms with Gasteiger partial charge in [0.05, 0.1) is 5.56 Å². The van der Waals surface area contributed by atoms with Crippen LogP contribution in [0.2, 0.25) is 0 Å². The molecule has 0 unspecified atom stereocenters. The van der Waals surface area contributed by atoms with Crippen LogP contribution in [0.15, 0.2) is 12.1 Å². The number of halogens is 5. The van der Waals surface area contributed by atoms with E-state index in [2.05, 4.69) is 0 Å². The van der Waals surface area contributed by atoms with Gasteiger partial charge in [0.15, 0.2) is 11.6 Å². The molecular weight excluding hydrogens is 229 g/mol. The molecule has 0 radical (unpaired) electrons. The number of nitrogens with two attached hydrogens (primary N) is 1. The second-order valence-corrected chi connectivity index (χ2v) is 3.31. The van der Waals surface area contributed by atoms with Gasteiger partial charge in [-0.25, -0.2) is 8.78 Å². The van der Waals surface area contributed by atoms with Crippen molar-refractivity contribution in [3.05, 3.63) is 34.9 Å². The normalized spacial score (nSPS) is 11.9. The van der Waals surface area contributed by atoms with Gasteiger partial charge in [0, 0.05) is 0 Å². The standard InChI is InChI=1S/C10H10F5N/c11-8-4-6(2-1-3-16)7(5-9(8)12)10(13,14)15/h4-5H,1-3,16H2. The van der Waals surface area contributed by atoms with E-state index in [4.69, 9.17) is 5.73 Å². The van der Waals surface area contributed by atoms with Gasteiger partial charge in [-0.05, 0) is 37.1 Å². The van der Waals surface area contributed by atoms with E-state index in [0.717, 1.165) is 0 Å². The minimum absolute atomic E-state index is 0.0253. The molecule has 0 aliphatic heterocycles. The van der Waals surface area contributed by atoms with Crippen LogP contribution < -0.4 is 5.73 Å². The van der Waals surface area contributed by atoms with Crippen LogP contribution in [0, 0.1) is 11.6 Å². The van der Waals surface area contributed by atoms with Crippen molar-refractivity contribution in [1.82, 2.24) is 0 Å². The molecule has 90 valence electrons. The summed E-state index contributed by atoms with van der Waals surface area (Å²) in [6.07, 6.45) is -4.42. The summed E-state index contributed by atoms with van der Waals surface area (Å²) in [5.74, 6) is -2.77. The summed E-state index contributed by atoms with van der Waals surface area (Å²) in [6.45, 7) is 0.191. The van der Waals surface area contributed by atoms with Crippen LogP contribution in [-0.2, 0) is 12.6 Å². The van der Waals surface area contributed by atoms with Crippen molar-refractivity contribution in [2.45, 2.75) is 19.0 Å². The minimum Gasteiger partial charge on any atom is -0.330 e. The molecule has 6 heteroatoms. The SMILES string of the molecule is NCCCc1cc(F)c(F)cc1C(F)(F)F. The van der Waals surface area contributed by atoms with Gasteiger partial charge in [0.25, 0.3) is 0 Å². The van der Waals surface area contributed by atoms with Crippen LogP contribution in [0.25, 0.3) is 0 Å². The molecular formula is C10H10F5N. The summed E-state index contributed by atoms with van der Waals surface area (Å²) in [4.78, 5) is 0. The van der Waals surface area contributed by atoms with Crippen LogP contribution in [0.3, 0.4) is 0 Å². The van der Waals surface area contributed by atoms with Crippen LogP contribution >= 0.6 is 0 Å². The maximum Gasteiger partial charge on any atom is 0.416 e. The number of rotatable bonds is 3. The molecule has 16 heavy (non-hydrogen) atoms. The predicted molar refractivity (Wildman–Crippen MR) is 48.7 cm³/mol. The number of hydrogen-bond donors (Lipinski definition) is 1. The molecule has 0 heterocycles. The fraction of sp³-hybridized carbons (Fsp3) is 0.400. The van der Waals surface area contributed by atoms with E-state index in [9.17, 15) is 22.0 Å². The molecule has 0 bridgehead atoms. The molecule has 0 fully saturated rings. The molecule has 0 atom stereocenters. The van der Waals surface area contributed by atoms with E-state index < -0.39 is 23.4 Å². The first-order chi connectivity index (χ1) is 7.36. The molecule has 1 nitrogen and oxygen atoms in total. The zero-order valence-electron chi connectivity index (χ0n) is 8.24. The number of benzene rings is 1. The average molecular weight is 239 g/mol. The van der Waals surface area contributed by atoms with Gasteiger partial charge in [-0.3, -0.25) is 0 Å². The Morgan fingerprint density at radius 2 is 1.62 bits per heavy atom. The molecule has 1 rings (SSSR count). The second kappa shape index (κ2) is 4.78. The summed E-state index contributed by atoms with van der Waals surface area (Å²) in [5.41, 5.74) is 3.75. The van der Waals surface area contributed by atoms with Crippen molar-refractivity contribution in [2.24, 2.45) is 5.73 Å². The van der Waals surface area contributed by atoms with Gasteiger partial charge < -0.3 is 5.73 Å². The lowest BCUT2D eigenvalue weighted by molar-refractivity contribution is -0.138. The highest BCUT2D eigenvalue weighted by Gasteiger charge is 2.34. The van der Waals surface area contributed by atoms with Crippen LogP contribution in [0.4, 0.5) is 22.0 Å². The lowest BCUT2D eigenvalue weighted by atomic mass is 10.0. The number of aryl methyl sites for hydroxylation is 1. The summed E-state index contributed by atoms with van der Waals surface area (Å²) >= 11 is 0. The summed E-state index contributed by atoms with van der Waals surface area (Å²) in [5, 5.41) is 0. The van der Waals surface area contributed by atoms with Crippen molar-refractivity contribution in [2.75, 3.05) is 6.54 Å². The molecule has 0 saturated heterocycles. The largest absolute Gasteiger partial charge is 0.416 e. The summed E-state index contributed by atoms with van der Waals surface area (Å²) in [7, 11) is 0. The third-order valence-corrected chi connectivity index (χ3v) is 2.10. The molecule has 0 saturated carbocycles. The molecule has 2 N–H and O–H groups in total. The van der Waals surface area contributed by atoms with Crippen molar-refractivity contribution < 1.29 is 22.0 Å². The highest BCUT2D eigenvalue weighted by molar-refractivity contribution is 5.31. The molecule has 0 aliphatic carbocycles. The number of hydrogen-bond acceptors (Lipinski definition) is 1. The Labute approximate surface area is 89.1 Å². The maximum atomic E-state index is 12.8. The van der Waals surface area contributed by atoms with Gasteiger partial charge in [0.1, 0.15) is 0 Å². The van der Waals surface area contributed by atoms with E-state index in [1.54, 1.807) is 0 Å². The smallest absolute Gasteiger partial charge is 0.330 e. The zero-order chi connectivity index (χ0) is 12.3. The van der Waals surface area contributed by atoms with E-state index in [1.165, 1.54) is 0 Å². The number of alkyl halides is 3. The van der Waals surface area contributed by atoms with Crippen molar-refractivity contribution in [3.8, 4) is 0 Å². The fourth-order valence-electron chi connectivity index (χ4n) is 1.35. The zero-order valence-corrected chi connectivity index (χ0v) is 8.24. The van der Waals surface area contributed by atoms with Gasteiger partial charge in [-0.15, -0.1) is 0 Å². The maximum absolute atomic E-state index is 12.8. The first-order valence-electron chi connectivity index (χ1n) is 4.61. The Kier molecular flexibility index (Phi) is 3.85. The van der Waals surface area contributed by atoms with Crippen LogP contribution in [0.1, 0.15) is 17.5 Å². The topological polar surface area (TPSA) is 26.0 Å². The molecule has 0 amide bonds. The van der Waals surface area contributed by atoms with E-state index in [0.29, 0.717) is 6.07 Å². The third-order valence-electron chi connectivity index (χ3n) is 2.10. The second-order valence-electron chi connectivity index (χ2n) is 3.31. The summed E-state index contributed by atoms with van der Waals surface area (Å²) in [6, 6.07) is 0.759. The lowest BCUT2D eigenvalue weighted by Gasteiger charge is -2.13. The minimum atomic E-state index is -4.68.